The molecular formula is C36H43N9O3. The molecule has 1 atom stereocenters. The van der Waals surface area contributed by atoms with Crippen LogP contribution < -0.4 is 27.0 Å². The Morgan fingerprint density at radius 2 is 1.46 bits per heavy atom. The molecule has 12 nitrogen and oxygen atoms in total. The number of carbonyl (C=O) groups is 3. The van der Waals surface area contributed by atoms with Gasteiger partial charge in [0.2, 0.25) is 17.6 Å². The number of nitrogens with one attached hydrogen (secondary N) is 5. The number of hydrogen-bond acceptors (Lipinski definition) is 8. The molecule has 48 heavy (non-hydrogen) atoms. The molecule has 2 heterocycles. The van der Waals surface area contributed by atoms with Crippen LogP contribution in [0.1, 0.15) is 54.4 Å². The normalized spacial score (nSPS) is 18.9. The van der Waals surface area contributed by atoms with E-state index in [9.17, 15) is 14.4 Å². The Morgan fingerprint density at radius 3 is 2.08 bits per heavy atom. The first-order valence-corrected chi connectivity index (χ1v) is 16.8. The fraction of sp³-hybridized carbons (Fsp3) is 0.389. The smallest absolute Gasteiger partial charge is 0.251 e. The summed E-state index contributed by atoms with van der Waals surface area (Å²) in [7, 11) is 0. The second-order valence-electron chi connectivity index (χ2n) is 12.8. The largest absolute Gasteiger partial charge is 0.349 e. The molecule has 0 radical (unpaired) electrons. The summed E-state index contributed by atoms with van der Waals surface area (Å²) in [4.78, 5) is 39.7. The van der Waals surface area contributed by atoms with Gasteiger partial charge < -0.3 is 27.0 Å². The molecule has 1 aliphatic carbocycles. The second kappa shape index (κ2) is 15.8. The van der Waals surface area contributed by atoms with Gasteiger partial charge in [0.05, 0.1) is 0 Å². The fourth-order valence-corrected chi connectivity index (χ4v) is 6.49. The van der Waals surface area contributed by atoms with Crippen LogP contribution in [0.15, 0.2) is 72.8 Å². The van der Waals surface area contributed by atoms with Crippen molar-refractivity contribution in [2.45, 2.75) is 57.0 Å². The Hall–Kier alpha value is -4.94. The van der Waals surface area contributed by atoms with Gasteiger partial charge in [0, 0.05) is 35.2 Å². The molecule has 2 aliphatic rings. The molecule has 0 bridgehead atoms. The highest BCUT2D eigenvalue weighted by atomic mass is 16.2. The van der Waals surface area contributed by atoms with Crippen LogP contribution in [0.5, 0.6) is 0 Å². The van der Waals surface area contributed by atoms with Crippen molar-refractivity contribution in [3.8, 4) is 22.5 Å². The first-order chi connectivity index (χ1) is 23.4. The Kier molecular flexibility index (Phi) is 10.8. The molecule has 6 rings (SSSR count). The molecule has 12 heteroatoms. The lowest BCUT2D eigenvalue weighted by atomic mass is 9.81. The van der Waals surface area contributed by atoms with E-state index in [1.807, 2.05) is 48.5 Å². The minimum absolute atomic E-state index is 0.0505. The SMILES string of the molecule is NCC1CCC(C(=O)NC(Cc2ccc(-c3ccc(C(=O)NC4CCNCC4)cc3)cc2)C(=O)Nc2ccc(-c3nn[nH]n3)cc2)CC1. The molecule has 1 aromatic heterocycles. The molecular weight excluding hydrogens is 606 g/mol. The standard InChI is InChI=1S/C36H43N9O3/c37-22-24-3-7-28(8-4-24)35(47)41-32(36(48)40-30-15-13-27(14-16-30)33-42-44-45-43-33)21-23-1-5-25(6-2-23)26-9-11-29(12-10-26)34(46)39-31-17-19-38-20-18-31/h1-2,5-6,9-16,24,28,31-32,38H,3-4,7-8,17-22,37H2,(H,39,46)(H,40,48)(H,41,47)(H,42,43,44,45). The summed E-state index contributed by atoms with van der Waals surface area (Å²) in [6.45, 7) is 2.48. The number of piperidine rings is 1. The van der Waals surface area contributed by atoms with E-state index in [4.69, 9.17) is 5.73 Å². The Bertz CT molecular complexity index is 1640. The van der Waals surface area contributed by atoms with E-state index in [-0.39, 0.29) is 29.7 Å². The summed E-state index contributed by atoms with van der Waals surface area (Å²) in [6.07, 6.45) is 5.58. The molecule has 1 aliphatic heterocycles. The Balaban J connectivity index is 1.11. The number of aromatic amines is 1. The van der Waals surface area contributed by atoms with Gasteiger partial charge in [-0.1, -0.05) is 36.4 Å². The molecule has 4 aromatic rings. The number of tetrazole rings is 1. The van der Waals surface area contributed by atoms with Crippen molar-refractivity contribution in [2.24, 2.45) is 17.6 Å². The number of benzene rings is 3. The summed E-state index contributed by atoms with van der Waals surface area (Å²) >= 11 is 0. The van der Waals surface area contributed by atoms with Crippen LogP contribution in [0.4, 0.5) is 5.69 Å². The average molecular weight is 650 g/mol. The maximum absolute atomic E-state index is 13.6. The first-order valence-electron chi connectivity index (χ1n) is 16.8. The molecule has 250 valence electrons. The number of anilines is 1. The van der Waals surface area contributed by atoms with Crippen molar-refractivity contribution in [3.05, 3.63) is 83.9 Å². The highest BCUT2D eigenvalue weighted by Gasteiger charge is 2.29. The number of nitrogens with zero attached hydrogens (tertiary/aromatic N) is 3. The van der Waals surface area contributed by atoms with E-state index in [0.29, 0.717) is 36.0 Å². The third-order valence-corrected chi connectivity index (χ3v) is 9.49. The van der Waals surface area contributed by atoms with Crippen LogP contribution >= 0.6 is 0 Å². The fourth-order valence-electron chi connectivity index (χ4n) is 6.49. The monoisotopic (exact) mass is 649 g/mol. The predicted octanol–water partition coefficient (Wildman–Crippen LogP) is 3.45. The van der Waals surface area contributed by atoms with Crippen molar-refractivity contribution < 1.29 is 14.4 Å². The highest BCUT2D eigenvalue weighted by molar-refractivity contribution is 5.98. The lowest BCUT2D eigenvalue weighted by molar-refractivity contribution is -0.130. The van der Waals surface area contributed by atoms with Crippen LogP contribution in [0.3, 0.4) is 0 Å². The van der Waals surface area contributed by atoms with E-state index >= 15 is 0 Å². The third-order valence-electron chi connectivity index (χ3n) is 9.49. The van der Waals surface area contributed by atoms with Gasteiger partial charge >= 0.3 is 0 Å². The maximum atomic E-state index is 13.6. The number of hydrogen-bond donors (Lipinski definition) is 6. The number of H-pyrrole nitrogens is 1. The zero-order chi connectivity index (χ0) is 33.3. The van der Waals surface area contributed by atoms with E-state index in [0.717, 1.165) is 73.9 Å². The summed E-state index contributed by atoms with van der Waals surface area (Å²) < 4.78 is 0. The van der Waals surface area contributed by atoms with Gasteiger partial charge in [-0.2, -0.15) is 5.21 Å². The highest BCUT2D eigenvalue weighted by Crippen LogP contribution is 2.29. The van der Waals surface area contributed by atoms with Gasteiger partial charge in [-0.25, -0.2) is 0 Å². The van der Waals surface area contributed by atoms with Gasteiger partial charge in [0.1, 0.15) is 6.04 Å². The lowest BCUT2D eigenvalue weighted by Crippen LogP contribution is -2.48. The van der Waals surface area contributed by atoms with Crippen LogP contribution in [-0.2, 0) is 16.0 Å². The minimum Gasteiger partial charge on any atom is -0.349 e. The van der Waals surface area contributed by atoms with Gasteiger partial charge in [-0.3, -0.25) is 14.4 Å². The molecule has 0 spiro atoms. The predicted molar refractivity (Wildman–Crippen MR) is 184 cm³/mol. The number of carbonyl (C=O) groups excluding carboxylic acids is 3. The average Bonchev–Trinajstić information content (AvgIpc) is 3.68. The second-order valence-corrected chi connectivity index (χ2v) is 12.8. The van der Waals surface area contributed by atoms with Crippen LogP contribution in [0.2, 0.25) is 0 Å². The quantitative estimate of drug-likeness (QED) is 0.143. The van der Waals surface area contributed by atoms with Gasteiger partial charge in [0.15, 0.2) is 0 Å². The van der Waals surface area contributed by atoms with Crippen LogP contribution in [-0.4, -0.2) is 70.1 Å². The minimum atomic E-state index is -0.773. The number of nitrogens with two attached hydrogens (primary N) is 1. The summed E-state index contributed by atoms with van der Waals surface area (Å²) in [5.74, 6) is 0.331. The van der Waals surface area contributed by atoms with Crippen molar-refractivity contribution in [3.63, 3.8) is 0 Å². The van der Waals surface area contributed by atoms with E-state index in [1.54, 1.807) is 24.3 Å². The lowest BCUT2D eigenvalue weighted by Gasteiger charge is -2.28. The van der Waals surface area contributed by atoms with Gasteiger partial charge in [-0.15, -0.1) is 10.2 Å². The summed E-state index contributed by atoms with van der Waals surface area (Å²) in [5, 5.41) is 26.5. The zero-order valence-electron chi connectivity index (χ0n) is 27.0. The van der Waals surface area contributed by atoms with Crippen molar-refractivity contribution in [1.29, 1.82) is 0 Å². The van der Waals surface area contributed by atoms with Crippen molar-refractivity contribution in [1.82, 2.24) is 36.6 Å². The topological polar surface area (TPSA) is 180 Å². The van der Waals surface area contributed by atoms with Crippen molar-refractivity contribution >= 4 is 23.4 Å². The number of aromatic nitrogens is 4. The number of rotatable bonds is 11. The van der Waals surface area contributed by atoms with Crippen molar-refractivity contribution in [2.75, 3.05) is 25.0 Å². The molecule has 3 amide bonds. The van der Waals surface area contributed by atoms with Gasteiger partial charge in [0.25, 0.3) is 5.91 Å². The summed E-state index contributed by atoms with van der Waals surface area (Å²) in [6, 6.07) is 22.1. The Labute approximate surface area is 280 Å². The molecule has 3 aromatic carbocycles. The van der Waals surface area contributed by atoms with E-state index in [1.165, 1.54) is 0 Å². The van der Waals surface area contributed by atoms with Crippen LogP contribution in [0.25, 0.3) is 22.5 Å². The molecule has 2 fully saturated rings. The molecule has 7 N–H and O–H groups in total. The number of amides is 3. The molecule has 1 saturated carbocycles. The van der Waals surface area contributed by atoms with E-state index < -0.39 is 6.04 Å². The van der Waals surface area contributed by atoms with Gasteiger partial charge in [-0.05, 0) is 122 Å². The zero-order valence-corrected chi connectivity index (χ0v) is 27.0. The molecule has 1 saturated heterocycles. The van der Waals surface area contributed by atoms with Crippen LogP contribution in [0, 0.1) is 11.8 Å². The van der Waals surface area contributed by atoms with E-state index in [2.05, 4.69) is 41.9 Å². The third kappa shape index (κ3) is 8.50. The Morgan fingerprint density at radius 1 is 0.812 bits per heavy atom. The maximum Gasteiger partial charge on any atom is 0.251 e. The molecule has 1 unspecified atom stereocenters. The first kappa shape index (κ1) is 33.0. The summed E-state index contributed by atoms with van der Waals surface area (Å²) in [5.41, 5.74) is 10.7.